The Balaban J connectivity index is 2.00. The third kappa shape index (κ3) is 3.81. The number of benzene rings is 1. The summed E-state index contributed by atoms with van der Waals surface area (Å²) < 4.78 is 0.886. The topological polar surface area (TPSA) is 52.6 Å². The van der Waals surface area contributed by atoms with Gasteiger partial charge in [0.15, 0.2) is 0 Å². The molecule has 1 aromatic carbocycles. The number of hydrogen-bond donors (Lipinski definition) is 2. The number of halogens is 1. The van der Waals surface area contributed by atoms with Gasteiger partial charge in [-0.15, -0.1) is 0 Å². The molecule has 0 saturated carbocycles. The van der Waals surface area contributed by atoms with E-state index in [4.69, 9.17) is 0 Å². The average Bonchev–Trinajstić information content (AvgIpc) is 2.41. The Hall–Kier alpha value is -0.910. The highest BCUT2D eigenvalue weighted by Crippen LogP contribution is 2.24. The summed E-state index contributed by atoms with van der Waals surface area (Å²) in [5.74, 6) is -0.0383. The van der Waals surface area contributed by atoms with Crippen LogP contribution < -0.4 is 5.32 Å². The smallest absolute Gasteiger partial charge is 0.241 e. The summed E-state index contributed by atoms with van der Waals surface area (Å²) in [6, 6.07) is 5.61. The molecule has 1 fully saturated rings. The van der Waals surface area contributed by atoms with Crippen molar-refractivity contribution in [2.45, 2.75) is 38.8 Å². The van der Waals surface area contributed by atoms with Crippen molar-refractivity contribution < 1.29 is 9.90 Å². The Kier molecular flexibility index (Phi) is 5.18. The van der Waals surface area contributed by atoms with Crippen LogP contribution in [0.4, 0.5) is 5.69 Å². The molecule has 2 rings (SSSR count). The molecule has 20 heavy (non-hydrogen) atoms. The van der Waals surface area contributed by atoms with Gasteiger partial charge in [-0.2, -0.15) is 0 Å². The van der Waals surface area contributed by atoms with Crippen molar-refractivity contribution in [2.75, 3.05) is 18.4 Å². The van der Waals surface area contributed by atoms with Crippen molar-refractivity contribution in [3.63, 3.8) is 0 Å². The molecule has 2 atom stereocenters. The first-order valence-electron chi connectivity index (χ1n) is 6.96. The van der Waals surface area contributed by atoms with Crippen LogP contribution in [0.25, 0.3) is 0 Å². The molecule has 0 radical (unpaired) electrons. The van der Waals surface area contributed by atoms with Crippen LogP contribution in [0.15, 0.2) is 22.7 Å². The van der Waals surface area contributed by atoms with E-state index in [9.17, 15) is 9.90 Å². The van der Waals surface area contributed by atoms with Crippen LogP contribution in [0.2, 0.25) is 0 Å². The van der Waals surface area contributed by atoms with Gasteiger partial charge < -0.3 is 10.4 Å². The van der Waals surface area contributed by atoms with Gasteiger partial charge in [-0.3, -0.25) is 9.69 Å². The Morgan fingerprint density at radius 3 is 2.95 bits per heavy atom. The van der Waals surface area contributed by atoms with Crippen LogP contribution in [0.5, 0.6) is 0 Å². The molecule has 1 aromatic rings. The Morgan fingerprint density at radius 1 is 1.55 bits per heavy atom. The summed E-state index contributed by atoms with van der Waals surface area (Å²) in [5, 5.41) is 12.6. The van der Waals surface area contributed by atoms with Gasteiger partial charge in [0, 0.05) is 11.0 Å². The van der Waals surface area contributed by atoms with Crippen molar-refractivity contribution >= 4 is 27.5 Å². The first-order valence-corrected chi connectivity index (χ1v) is 7.76. The number of likely N-dealkylation sites (tertiary alicyclic amines) is 1. The van der Waals surface area contributed by atoms with Gasteiger partial charge >= 0.3 is 0 Å². The zero-order valence-corrected chi connectivity index (χ0v) is 13.5. The number of carbonyl (C=O) groups is 1. The number of piperidine rings is 1. The number of anilines is 1. The van der Waals surface area contributed by atoms with Crippen LogP contribution >= 0.6 is 15.9 Å². The van der Waals surface area contributed by atoms with E-state index in [0.29, 0.717) is 6.54 Å². The maximum atomic E-state index is 12.3. The molecule has 0 aliphatic carbocycles. The molecular weight excluding hydrogens is 320 g/mol. The standard InChI is InChI=1S/C15H21BrN2O2/c1-10-5-6-14(13(16)8-10)17-15(20)11(2)18-7-3-4-12(19)9-18/h5-6,8,11-12,19H,3-4,7,9H2,1-2H3,(H,17,20). The monoisotopic (exact) mass is 340 g/mol. The van der Waals surface area contributed by atoms with Gasteiger partial charge in [-0.1, -0.05) is 6.07 Å². The minimum absolute atomic E-state index is 0.0383. The summed E-state index contributed by atoms with van der Waals surface area (Å²) >= 11 is 3.46. The maximum absolute atomic E-state index is 12.3. The van der Waals surface area contributed by atoms with Crippen LogP contribution in [0.1, 0.15) is 25.3 Å². The molecule has 1 aliphatic heterocycles. The molecule has 5 heteroatoms. The summed E-state index contributed by atoms with van der Waals surface area (Å²) in [6.07, 6.45) is 1.45. The highest BCUT2D eigenvalue weighted by Gasteiger charge is 2.26. The number of amides is 1. The van der Waals surface area contributed by atoms with Crippen LogP contribution in [0, 0.1) is 6.92 Å². The number of β-amino-alcohol motifs (C(OH)–C–C–N with tert-alkyl or cyclic N) is 1. The first-order chi connectivity index (χ1) is 9.47. The molecule has 1 aliphatic rings. The number of carbonyl (C=O) groups excluding carboxylic acids is 1. The molecule has 1 saturated heterocycles. The lowest BCUT2D eigenvalue weighted by molar-refractivity contribution is -0.121. The molecular formula is C15H21BrN2O2. The maximum Gasteiger partial charge on any atom is 0.241 e. The normalized spacial score (nSPS) is 21.5. The molecule has 1 heterocycles. The largest absolute Gasteiger partial charge is 0.392 e. The van der Waals surface area contributed by atoms with Crippen molar-refractivity contribution in [3.05, 3.63) is 28.2 Å². The molecule has 0 aromatic heterocycles. The highest BCUT2D eigenvalue weighted by atomic mass is 79.9. The minimum atomic E-state index is -0.315. The van der Waals surface area contributed by atoms with Crippen LogP contribution in [0.3, 0.4) is 0 Å². The summed E-state index contributed by atoms with van der Waals surface area (Å²) in [4.78, 5) is 14.3. The Morgan fingerprint density at radius 2 is 2.30 bits per heavy atom. The van der Waals surface area contributed by atoms with Crippen molar-refractivity contribution in [2.24, 2.45) is 0 Å². The summed E-state index contributed by atoms with van der Waals surface area (Å²) in [6.45, 7) is 5.33. The predicted octanol–water partition coefficient (Wildman–Crippen LogP) is 2.54. The van der Waals surface area contributed by atoms with Gasteiger partial charge in [0.25, 0.3) is 0 Å². The van der Waals surface area contributed by atoms with Crippen molar-refractivity contribution in [3.8, 4) is 0 Å². The van der Waals surface area contributed by atoms with E-state index in [1.165, 1.54) is 0 Å². The van der Waals surface area contributed by atoms with Crippen molar-refractivity contribution in [1.29, 1.82) is 0 Å². The minimum Gasteiger partial charge on any atom is -0.392 e. The average molecular weight is 341 g/mol. The van der Waals surface area contributed by atoms with E-state index in [1.54, 1.807) is 0 Å². The third-order valence-electron chi connectivity index (χ3n) is 3.74. The second-order valence-corrected chi connectivity index (χ2v) is 6.29. The number of aryl methyl sites for hydroxylation is 1. The number of aliphatic hydroxyl groups excluding tert-OH is 1. The second-order valence-electron chi connectivity index (χ2n) is 5.44. The van der Waals surface area contributed by atoms with Gasteiger partial charge in [-0.25, -0.2) is 0 Å². The Labute approximate surface area is 128 Å². The molecule has 1 amide bonds. The first kappa shape index (κ1) is 15.5. The van der Waals surface area contributed by atoms with Gasteiger partial charge in [0.05, 0.1) is 17.8 Å². The molecule has 110 valence electrons. The highest BCUT2D eigenvalue weighted by molar-refractivity contribution is 9.10. The zero-order valence-electron chi connectivity index (χ0n) is 11.9. The fourth-order valence-electron chi connectivity index (χ4n) is 2.46. The Bertz CT molecular complexity index is 493. The number of aliphatic hydroxyl groups is 1. The fourth-order valence-corrected chi connectivity index (χ4v) is 3.05. The fraction of sp³-hybridized carbons (Fsp3) is 0.533. The second kappa shape index (κ2) is 6.70. The van der Waals surface area contributed by atoms with E-state index >= 15 is 0 Å². The molecule has 2 unspecified atom stereocenters. The number of nitrogens with zero attached hydrogens (tertiary/aromatic N) is 1. The number of rotatable bonds is 3. The lowest BCUT2D eigenvalue weighted by Gasteiger charge is -2.34. The molecule has 0 bridgehead atoms. The quantitative estimate of drug-likeness (QED) is 0.888. The van der Waals surface area contributed by atoms with E-state index < -0.39 is 0 Å². The molecule has 2 N–H and O–H groups in total. The molecule has 0 spiro atoms. The van der Waals surface area contributed by atoms with E-state index in [-0.39, 0.29) is 18.1 Å². The van der Waals surface area contributed by atoms with Crippen LogP contribution in [-0.2, 0) is 4.79 Å². The van der Waals surface area contributed by atoms with Gasteiger partial charge in [0.2, 0.25) is 5.91 Å². The number of hydrogen-bond acceptors (Lipinski definition) is 3. The van der Waals surface area contributed by atoms with E-state index in [1.807, 2.05) is 36.9 Å². The summed E-state index contributed by atoms with van der Waals surface area (Å²) in [7, 11) is 0. The van der Waals surface area contributed by atoms with Gasteiger partial charge in [0.1, 0.15) is 0 Å². The van der Waals surface area contributed by atoms with E-state index in [0.717, 1.165) is 35.1 Å². The third-order valence-corrected chi connectivity index (χ3v) is 4.39. The SMILES string of the molecule is Cc1ccc(NC(=O)C(C)N2CCCC(O)C2)c(Br)c1. The van der Waals surface area contributed by atoms with Crippen molar-refractivity contribution in [1.82, 2.24) is 4.90 Å². The lowest BCUT2D eigenvalue weighted by atomic mass is 10.1. The van der Waals surface area contributed by atoms with Gasteiger partial charge in [-0.05, 0) is 66.9 Å². The zero-order chi connectivity index (χ0) is 14.7. The lowest BCUT2D eigenvalue weighted by Crippen LogP contribution is -2.48. The molecule has 4 nitrogen and oxygen atoms in total. The predicted molar refractivity (Wildman–Crippen MR) is 83.8 cm³/mol. The van der Waals surface area contributed by atoms with Crippen LogP contribution in [-0.4, -0.2) is 41.1 Å². The number of nitrogens with one attached hydrogen (secondary N) is 1. The van der Waals surface area contributed by atoms with E-state index in [2.05, 4.69) is 21.2 Å². The summed E-state index contributed by atoms with van der Waals surface area (Å²) in [5.41, 5.74) is 1.92.